The van der Waals surface area contributed by atoms with E-state index in [0.717, 1.165) is 56.1 Å². The predicted molar refractivity (Wildman–Crippen MR) is 245 cm³/mol. The Morgan fingerprint density at radius 2 is 0.898 bits per heavy atom. The lowest BCUT2D eigenvalue weighted by Crippen LogP contribution is -2.32. The van der Waals surface area contributed by atoms with Crippen LogP contribution in [0.1, 0.15) is 22.3 Å². The third-order valence-corrected chi connectivity index (χ3v) is 13.3. The van der Waals surface area contributed by atoms with E-state index in [9.17, 15) is 0 Å². The third-order valence-electron chi connectivity index (χ3n) is 12.1. The molecule has 10 aromatic rings. The van der Waals surface area contributed by atoms with E-state index >= 15 is 0 Å². The van der Waals surface area contributed by atoms with Gasteiger partial charge in [-0.1, -0.05) is 163 Å². The molecule has 1 aromatic heterocycles. The highest BCUT2D eigenvalue weighted by atomic mass is 32.2. The Morgan fingerprint density at radius 3 is 1.56 bits per heavy atom. The van der Waals surface area contributed by atoms with Gasteiger partial charge < -0.3 is 14.2 Å². The summed E-state index contributed by atoms with van der Waals surface area (Å²) < 4.78 is 6.67. The van der Waals surface area contributed by atoms with Gasteiger partial charge in [-0.25, -0.2) is 0 Å². The second-order valence-electron chi connectivity index (χ2n) is 15.2. The lowest BCUT2D eigenvalue weighted by molar-refractivity contribution is 0.669. The van der Waals surface area contributed by atoms with Crippen LogP contribution >= 0.6 is 11.8 Å². The van der Waals surface area contributed by atoms with Gasteiger partial charge in [0.15, 0.2) is 0 Å². The molecule has 1 aliphatic heterocycles. The van der Waals surface area contributed by atoms with Crippen molar-refractivity contribution in [2.24, 2.45) is 0 Å². The van der Waals surface area contributed by atoms with Crippen molar-refractivity contribution in [1.29, 1.82) is 0 Å². The molecule has 0 atom stereocenters. The molecule has 3 nitrogen and oxygen atoms in total. The first-order chi connectivity index (χ1) is 29.3. The van der Waals surface area contributed by atoms with E-state index in [-0.39, 0.29) is 0 Å². The number of fused-ring (bicyclic) bond motifs is 12. The molecule has 0 saturated carbocycles. The number of benzene rings is 9. The van der Waals surface area contributed by atoms with Crippen LogP contribution in [0.15, 0.2) is 233 Å². The number of furan rings is 1. The average Bonchev–Trinajstić information content (AvgIpc) is 3.83. The summed E-state index contributed by atoms with van der Waals surface area (Å²) in [6, 6.07) is 79.1. The molecule has 1 spiro atoms. The number of rotatable bonds is 6. The molecular formula is C55H36N2OS. The Hall–Kier alpha value is -7.27. The van der Waals surface area contributed by atoms with Crippen LogP contribution in [-0.4, -0.2) is 0 Å². The van der Waals surface area contributed by atoms with Crippen LogP contribution in [0.5, 0.6) is 0 Å². The number of hydrogen-bond donors (Lipinski definition) is 0. The molecule has 0 unspecified atom stereocenters. The van der Waals surface area contributed by atoms with Crippen molar-refractivity contribution in [3.63, 3.8) is 0 Å². The van der Waals surface area contributed by atoms with Gasteiger partial charge in [0.25, 0.3) is 0 Å². The van der Waals surface area contributed by atoms with Gasteiger partial charge in [0.2, 0.25) is 0 Å². The quantitative estimate of drug-likeness (QED) is 0.168. The number of anilines is 6. The first-order valence-corrected chi connectivity index (χ1v) is 20.9. The molecule has 12 rings (SSSR count). The molecule has 0 saturated heterocycles. The fourth-order valence-corrected chi connectivity index (χ4v) is 11.1. The third kappa shape index (κ3) is 4.97. The molecule has 2 heterocycles. The van der Waals surface area contributed by atoms with Crippen molar-refractivity contribution in [1.82, 2.24) is 0 Å². The zero-order chi connectivity index (χ0) is 38.9. The molecule has 0 fully saturated rings. The zero-order valence-corrected chi connectivity index (χ0v) is 32.8. The fourth-order valence-electron chi connectivity index (χ4n) is 9.78. The molecular weight excluding hydrogens is 737 g/mol. The smallest absolute Gasteiger partial charge is 0.137 e. The molecule has 9 aromatic carbocycles. The lowest BCUT2D eigenvalue weighted by Gasteiger charge is -2.42. The van der Waals surface area contributed by atoms with E-state index in [1.165, 1.54) is 43.2 Å². The Kier molecular flexibility index (Phi) is 7.69. The maximum atomic E-state index is 6.67. The molecule has 1 aliphatic carbocycles. The summed E-state index contributed by atoms with van der Waals surface area (Å²) >= 11 is 1.88. The maximum absolute atomic E-state index is 6.67. The van der Waals surface area contributed by atoms with Crippen molar-refractivity contribution in [2.45, 2.75) is 15.2 Å². The van der Waals surface area contributed by atoms with Crippen molar-refractivity contribution < 1.29 is 4.42 Å². The van der Waals surface area contributed by atoms with Crippen molar-refractivity contribution in [2.75, 3.05) is 9.80 Å². The minimum atomic E-state index is -0.504. The highest BCUT2D eigenvalue weighted by Gasteiger charge is 2.50. The van der Waals surface area contributed by atoms with Crippen LogP contribution in [0.3, 0.4) is 0 Å². The van der Waals surface area contributed by atoms with E-state index in [1.54, 1.807) is 0 Å². The first-order valence-electron chi connectivity index (χ1n) is 20.1. The van der Waals surface area contributed by atoms with Gasteiger partial charge in [0.1, 0.15) is 11.2 Å². The number of hydrogen-bond acceptors (Lipinski definition) is 4. The van der Waals surface area contributed by atoms with Crippen LogP contribution in [0, 0.1) is 0 Å². The van der Waals surface area contributed by atoms with Crippen LogP contribution < -0.4 is 9.80 Å². The summed E-state index contributed by atoms with van der Waals surface area (Å²) in [5, 5.41) is 2.13. The van der Waals surface area contributed by atoms with Gasteiger partial charge in [0.05, 0.1) is 27.9 Å². The van der Waals surface area contributed by atoms with Crippen LogP contribution in [0.2, 0.25) is 0 Å². The molecule has 0 amide bonds. The SMILES string of the molecule is c1ccc(N(c2cccc3c2Sc2ccccc2C32c3ccccc3-c3ccccc32)c2ccc3oc4ccccc4c3c2N(c2ccccc2)c2ccccc2)cc1. The molecule has 278 valence electrons. The van der Waals surface area contributed by atoms with E-state index in [1.807, 2.05) is 17.8 Å². The molecule has 0 N–H and O–H groups in total. The fraction of sp³-hybridized carbons (Fsp3) is 0.0182. The first kappa shape index (κ1) is 33.8. The molecule has 0 radical (unpaired) electrons. The van der Waals surface area contributed by atoms with Crippen molar-refractivity contribution >= 4 is 67.8 Å². The lowest BCUT2D eigenvalue weighted by atomic mass is 9.67. The summed E-state index contributed by atoms with van der Waals surface area (Å²) in [6.45, 7) is 0. The Balaban J connectivity index is 1.21. The summed E-state index contributed by atoms with van der Waals surface area (Å²) in [5.41, 5.74) is 15.4. The normalized spacial score (nSPS) is 13.2. The Morgan fingerprint density at radius 1 is 0.373 bits per heavy atom. The van der Waals surface area contributed by atoms with Crippen LogP contribution in [0.25, 0.3) is 33.1 Å². The van der Waals surface area contributed by atoms with E-state index < -0.39 is 5.41 Å². The van der Waals surface area contributed by atoms with E-state index in [4.69, 9.17) is 4.42 Å². The second kappa shape index (κ2) is 13.4. The minimum Gasteiger partial charge on any atom is -0.456 e. The summed E-state index contributed by atoms with van der Waals surface area (Å²) in [7, 11) is 0. The highest BCUT2D eigenvalue weighted by molar-refractivity contribution is 7.99. The number of nitrogens with zero attached hydrogens (tertiary/aromatic N) is 2. The number of para-hydroxylation sites is 4. The maximum Gasteiger partial charge on any atom is 0.137 e. The average molecular weight is 773 g/mol. The van der Waals surface area contributed by atoms with Crippen molar-refractivity contribution in [3.05, 3.63) is 241 Å². The molecule has 2 aliphatic rings. The van der Waals surface area contributed by atoms with Gasteiger partial charge in [-0.3, -0.25) is 0 Å². The molecule has 59 heavy (non-hydrogen) atoms. The topological polar surface area (TPSA) is 19.6 Å². The summed E-state index contributed by atoms with van der Waals surface area (Å²) in [6.07, 6.45) is 0. The van der Waals surface area contributed by atoms with Crippen molar-refractivity contribution in [3.8, 4) is 11.1 Å². The Labute approximate surface area is 347 Å². The van der Waals surface area contributed by atoms with Gasteiger partial charge >= 0.3 is 0 Å². The van der Waals surface area contributed by atoms with E-state index in [0.29, 0.717) is 0 Å². The minimum absolute atomic E-state index is 0.504. The summed E-state index contributed by atoms with van der Waals surface area (Å²) in [5.74, 6) is 0. The molecule has 4 heteroatoms. The second-order valence-corrected chi connectivity index (χ2v) is 16.2. The van der Waals surface area contributed by atoms with Crippen LogP contribution in [0.4, 0.5) is 34.1 Å². The monoisotopic (exact) mass is 772 g/mol. The standard InChI is InChI=1S/C55H36N2OS/c1-4-19-37(20-5-1)56(38-21-6-2-7-22-38)53-47(35-36-50-52(53)42-27-12-16-33-49(42)58-50)57(39-23-8-3-9-24-39)48-32-18-31-46-54(48)59-51-34-17-15-30-45(51)55(46)43-28-13-10-25-40(43)41-26-11-14-29-44(41)55/h1-36H. The summed E-state index contributed by atoms with van der Waals surface area (Å²) in [4.78, 5) is 7.38. The van der Waals surface area contributed by atoms with Gasteiger partial charge in [0, 0.05) is 32.2 Å². The Bertz CT molecular complexity index is 3130. The zero-order valence-electron chi connectivity index (χ0n) is 32.0. The highest BCUT2D eigenvalue weighted by Crippen LogP contribution is 2.64. The molecule has 0 bridgehead atoms. The predicted octanol–water partition coefficient (Wildman–Crippen LogP) is 15.4. The largest absolute Gasteiger partial charge is 0.456 e. The van der Waals surface area contributed by atoms with Gasteiger partial charge in [-0.05, 0) is 100 Å². The van der Waals surface area contributed by atoms with Crippen LogP contribution in [-0.2, 0) is 5.41 Å². The van der Waals surface area contributed by atoms with Gasteiger partial charge in [-0.15, -0.1) is 0 Å². The van der Waals surface area contributed by atoms with E-state index in [2.05, 4.69) is 222 Å². The van der Waals surface area contributed by atoms with Gasteiger partial charge in [-0.2, -0.15) is 0 Å².